The number of para-hydroxylation sites is 1. The average Bonchev–Trinajstić information content (AvgIpc) is 2.34. The molecule has 0 radical (unpaired) electrons. The monoisotopic (exact) mass is 222 g/mol. The molecule has 1 aromatic rings. The van der Waals surface area contributed by atoms with Gasteiger partial charge in [0.15, 0.2) is 0 Å². The van der Waals surface area contributed by atoms with Gasteiger partial charge in [0.2, 0.25) is 0 Å². The minimum atomic E-state index is 0.727. The van der Waals surface area contributed by atoms with Crippen LogP contribution in [0.5, 0.6) is 5.75 Å². The Morgan fingerprint density at radius 2 is 1.75 bits per heavy atom. The van der Waals surface area contributed by atoms with Crippen LogP contribution in [0.2, 0.25) is 0 Å². The zero-order valence-electron chi connectivity index (χ0n) is 10.0. The van der Waals surface area contributed by atoms with Crippen LogP contribution in [0.4, 0.5) is 0 Å². The van der Waals surface area contributed by atoms with Crippen LogP contribution in [0, 0.1) is 0 Å². The van der Waals surface area contributed by atoms with E-state index in [0.717, 1.165) is 38.5 Å². The number of rotatable bonds is 9. The lowest BCUT2D eigenvalue weighted by molar-refractivity contribution is 0.314. The Kier molecular flexibility index (Phi) is 7.47. The van der Waals surface area contributed by atoms with Crippen molar-refractivity contribution in [2.75, 3.05) is 32.8 Å². The first kappa shape index (κ1) is 13.0. The molecular weight excluding hydrogens is 200 g/mol. The maximum atomic E-state index is 5.56. The molecule has 0 saturated heterocycles. The van der Waals surface area contributed by atoms with Crippen LogP contribution in [0.3, 0.4) is 0 Å². The molecule has 0 bridgehead atoms. The van der Waals surface area contributed by atoms with Gasteiger partial charge in [-0.25, -0.2) is 0 Å². The van der Waals surface area contributed by atoms with Crippen LogP contribution in [0.15, 0.2) is 30.3 Å². The highest BCUT2D eigenvalue weighted by Crippen LogP contribution is 2.07. The van der Waals surface area contributed by atoms with Crippen LogP contribution in [-0.2, 0) is 0 Å². The number of nitrogens with one attached hydrogen (secondary N) is 2. The van der Waals surface area contributed by atoms with Crippen LogP contribution >= 0.6 is 0 Å². The lowest BCUT2D eigenvalue weighted by Crippen LogP contribution is -2.25. The number of benzene rings is 1. The highest BCUT2D eigenvalue weighted by atomic mass is 16.5. The Hall–Kier alpha value is -1.06. The Balaban J connectivity index is 1.89. The molecule has 3 heteroatoms. The highest BCUT2D eigenvalue weighted by molar-refractivity contribution is 5.20. The number of hydrogen-bond donors (Lipinski definition) is 2. The van der Waals surface area contributed by atoms with Crippen molar-refractivity contribution in [2.45, 2.75) is 13.3 Å². The normalized spacial score (nSPS) is 10.3. The quantitative estimate of drug-likeness (QED) is 0.623. The summed E-state index contributed by atoms with van der Waals surface area (Å²) in [4.78, 5) is 0. The smallest absolute Gasteiger partial charge is 0.119 e. The predicted octanol–water partition coefficient (Wildman–Crippen LogP) is 1.65. The second-order valence-corrected chi connectivity index (χ2v) is 3.62. The summed E-state index contributed by atoms with van der Waals surface area (Å²) >= 11 is 0. The van der Waals surface area contributed by atoms with Crippen molar-refractivity contribution < 1.29 is 4.74 Å². The summed E-state index contributed by atoms with van der Waals surface area (Å²) in [5.74, 6) is 0.942. The van der Waals surface area contributed by atoms with Crippen molar-refractivity contribution >= 4 is 0 Å². The van der Waals surface area contributed by atoms with Crippen molar-refractivity contribution in [3.8, 4) is 5.75 Å². The molecular formula is C13H22N2O. The average molecular weight is 222 g/mol. The SMILES string of the molecule is CCNCCCNCCOc1ccccc1. The molecule has 0 heterocycles. The van der Waals surface area contributed by atoms with Gasteiger partial charge in [-0.3, -0.25) is 0 Å². The molecule has 0 saturated carbocycles. The molecule has 0 aliphatic carbocycles. The molecule has 0 aliphatic heterocycles. The van der Waals surface area contributed by atoms with E-state index in [9.17, 15) is 0 Å². The summed E-state index contributed by atoms with van der Waals surface area (Å²) in [5, 5.41) is 6.64. The Labute approximate surface area is 98.2 Å². The van der Waals surface area contributed by atoms with E-state index in [-0.39, 0.29) is 0 Å². The molecule has 0 aliphatic rings. The first-order chi connectivity index (χ1) is 7.93. The lowest BCUT2D eigenvalue weighted by Gasteiger charge is -2.07. The fraction of sp³-hybridized carbons (Fsp3) is 0.538. The van der Waals surface area contributed by atoms with E-state index < -0.39 is 0 Å². The maximum Gasteiger partial charge on any atom is 0.119 e. The van der Waals surface area contributed by atoms with Gasteiger partial charge >= 0.3 is 0 Å². The summed E-state index contributed by atoms with van der Waals surface area (Å²) in [5.41, 5.74) is 0. The lowest BCUT2D eigenvalue weighted by atomic mass is 10.3. The zero-order chi connectivity index (χ0) is 11.5. The zero-order valence-corrected chi connectivity index (χ0v) is 10.0. The van der Waals surface area contributed by atoms with Gasteiger partial charge in [0, 0.05) is 6.54 Å². The summed E-state index contributed by atoms with van der Waals surface area (Å²) < 4.78 is 5.56. The van der Waals surface area contributed by atoms with E-state index in [2.05, 4.69) is 17.6 Å². The summed E-state index contributed by atoms with van der Waals surface area (Å²) in [6.45, 7) is 6.94. The van der Waals surface area contributed by atoms with Crippen LogP contribution < -0.4 is 15.4 Å². The van der Waals surface area contributed by atoms with Crippen molar-refractivity contribution in [1.82, 2.24) is 10.6 Å². The number of hydrogen-bond acceptors (Lipinski definition) is 3. The topological polar surface area (TPSA) is 33.3 Å². The molecule has 0 fully saturated rings. The molecule has 3 nitrogen and oxygen atoms in total. The van der Waals surface area contributed by atoms with E-state index in [0.29, 0.717) is 0 Å². The second kappa shape index (κ2) is 9.19. The molecule has 0 spiro atoms. The standard InChI is InChI=1S/C13H22N2O/c1-2-14-9-6-10-15-11-12-16-13-7-4-3-5-8-13/h3-5,7-8,14-15H,2,6,9-12H2,1H3. The minimum Gasteiger partial charge on any atom is -0.492 e. The maximum absolute atomic E-state index is 5.56. The molecule has 2 N–H and O–H groups in total. The molecule has 1 aromatic carbocycles. The molecule has 90 valence electrons. The van der Waals surface area contributed by atoms with E-state index >= 15 is 0 Å². The van der Waals surface area contributed by atoms with E-state index in [1.807, 2.05) is 30.3 Å². The molecule has 0 aromatic heterocycles. The highest BCUT2D eigenvalue weighted by Gasteiger charge is 1.91. The first-order valence-corrected chi connectivity index (χ1v) is 6.02. The largest absolute Gasteiger partial charge is 0.492 e. The third kappa shape index (κ3) is 6.43. The molecule has 0 amide bonds. The van der Waals surface area contributed by atoms with E-state index in [1.54, 1.807) is 0 Å². The summed E-state index contributed by atoms with van der Waals surface area (Å²) in [6, 6.07) is 9.92. The van der Waals surface area contributed by atoms with Gasteiger partial charge in [-0.15, -0.1) is 0 Å². The molecule has 16 heavy (non-hydrogen) atoms. The summed E-state index contributed by atoms with van der Waals surface area (Å²) in [6.07, 6.45) is 1.17. The third-order valence-corrected chi connectivity index (χ3v) is 2.25. The second-order valence-electron chi connectivity index (χ2n) is 3.62. The van der Waals surface area contributed by atoms with Crippen LogP contribution in [-0.4, -0.2) is 32.8 Å². The van der Waals surface area contributed by atoms with Crippen molar-refractivity contribution in [1.29, 1.82) is 0 Å². The molecule has 0 unspecified atom stereocenters. The Bertz CT molecular complexity index is 251. The first-order valence-electron chi connectivity index (χ1n) is 6.02. The fourth-order valence-corrected chi connectivity index (χ4v) is 1.40. The van der Waals surface area contributed by atoms with Gasteiger partial charge in [-0.05, 0) is 38.2 Å². The number of ether oxygens (including phenoxy) is 1. The van der Waals surface area contributed by atoms with Gasteiger partial charge in [-0.2, -0.15) is 0 Å². The van der Waals surface area contributed by atoms with Gasteiger partial charge in [0.05, 0.1) is 0 Å². The molecule has 1 rings (SSSR count). The summed E-state index contributed by atoms with van der Waals surface area (Å²) in [7, 11) is 0. The minimum absolute atomic E-state index is 0.727. The van der Waals surface area contributed by atoms with Crippen molar-refractivity contribution in [3.05, 3.63) is 30.3 Å². The van der Waals surface area contributed by atoms with Gasteiger partial charge in [0.1, 0.15) is 12.4 Å². The third-order valence-electron chi connectivity index (χ3n) is 2.25. The van der Waals surface area contributed by atoms with Crippen molar-refractivity contribution in [3.63, 3.8) is 0 Å². The predicted molar refractivity (Wildman–Crippen MR) is 68.0 cm³/mol. The van der Waals surface area contributed by atoms with Crippen LogP contribution in [0.25, 0.3) is 0 Å². The Morgan fingerprint density at radius 3 is 2.50 bits per heavy atom. The molecule has 0 atom stereocenters. The fourth-order valence-electron chi connectivity index (χ4n) is 1.40. The van der Waals surface area contributed by atoms with Gasteiger partial charge in [-0.1, -0.05) is 25.1 Å². The van der Waals surface area contributed by atoms with Crippen LogP contribution in [0.1, 0.15) is 13.3 Å². The van der Waals surface area contributed by atoms with Gasteiger partial charge in [0.25, 0.3) is 0 Å². The van der Waals surface area contributed by atoms with E-state index in [1.165, 1.54) is 6.42 Å². The van der Waals surface area contributed by atoms with Crippen molar-refractivity contribution in [2.24, 2.45) is 0 Å². The Morgan fingerprint density at radius 1 is 1.00 bits per heavy atom. The van der Waals surface area contributed by atoms with E-state index in [4.69, 9.17) is 4.74 Å². The van der Waals surface area contributed by atoms with Gasteiger partial charge < -0.3 is 15.4 Å².